The number of aliphatic hydroxyl groups is 1. The first-order chi connectivity index (χ1) is 12.9. The molecule has 5 rings (SSSR count). The van der Waals surface area contributed by atoms with E-state index in [0.29, 0.717) is 23.4 Å². The highest BCUT2D eigenvalue weighted by Crippen LogP contribution is 2.60. The first-order valence-electron chi connectivity index (χ1n) is 8.86. The second-order valence-corrected chi connectivity index (χ2v) is 8.91. The van der Waals surface area contributed by atoms with Gasteiger partial charge in [-0.25, -0.2) is 0 Å². The lowest BCUT2D eigenvalue weighted by molar-refractivity contribution is 0.0293. The normalized spacial score (nSPS) is 28.9. The minimum Gasteiger partial charge on any atom is -0.385 e. The predicted octanol–water partition coefficient (Wildman–Crippen LogP) is 4.00. The molecule has 2 aromatic carbocycles. The Morgan fingerprint density at radius 3 is 2.81 bits per heavy atom. The lowest BCUT2D eigenvalue weighted by Crippen LogP contribution is -2.33. The molecule has 2 fully saturated rings. The molecular weight excluding hydrogens is 430 g/mol. The van der Waals surface area contributed by atoms with Crippen LogP contribution in [0.4, 0.5) is 0 Å². The number of carbonyl (C=O) groups is 1. The van der Waals surface area contributed by atoms with Crippen molar-refractivity contribution in [2.45, 2.75) is 24.5 Å². The summed E-state index contributed by atoms with van der Waals surface area (Å²) in [6.45, 7) is 0. The van der Waals surface area contributed by atoms with Crippen molar-refractivity contribution < 1.29 is 9.90 Å². The van der Waals surface area contributed by atoms with E-state index in [1.165, 1.54) is 0 Å². The molecule has 0 saturated heterocycles. The van der Waals surface area contributed by atoms with E-state index in [-0.39, 0.29) is 23.8 Å². The highest BCUT2D eigenvalue weighted by atomic mass is 79.9. The monoisotopic (exact) mass is 445 g/mol. The van der Waals surface area contributed by atoms with Crippen molar-refractivity contribution in [1.29, 1.82) is 0 Å². The van der Waals surface area contributed by atoms with Crippen LogP contribution in [-0.2, 0) is 5.60 Å². The Kier molecular flexibility index (Phi) is 3.86. The van der Waals surface area contributed by atoms with Crippen molar-refractivity contribution in [3.05, 3.63) is 63.2 Å². The third kappa shape index (κ3) is 2.87. The van der Waals surface area contributed by atoms with Gasteiger partial charge in [0.1, 0.15) is 0 Å². The van der Waals surface area contributed by atoms with E-state index in [1.807, 2.05) is 30.3 Å². The van der Waals surface area contributed by atoms with Gasteiger partial charge in [0.2, 0.25) is 0 Å². The van der Waals surface area contributed by atoms with Crippen LogP contribution in [0, 0.1) is 11.8 Å². The van der Waals surface area contributed by atoms with E-state index >= 15 is 0 Å². The number of nitrogens with one attached hydrogen (secondary N) is 2. The number of rotatable bonds is 3. The topological polar surface area (TPSA) is 78.0 Å². The SMILES string of the molecule is O=C(N[C@H]1[C@@H]2C[C@](O)(c3cc(Cl)cc4[nH]ncc34)C[C@@H]21)c1cccc(Br)c1. The first-order valence-corrected chi connectivity index (χ1v) is 10.0. The van der Waals surface area contributed by atoms with E-state index < -0.39 is 5.60 Å². The number of aromatic amines is 1. The van der Waals surface area contributed by atoms with Gasteiger partial charge in [0.05, 0.1) is 17.3 Å². The number of H-pyrrole nitrogens is 1. The lowest BCUT2D eigenvalue weighted by Gasteiger charge is -2.27. The highest BCUT2D eigenvalue weighted by molar-refractivity contribution is 9.10. The van der Waals surface area contributed by atoms with Crippen LogP contribution in [0.25, 0.3) is 10.9 Å². The number of fused-ring (bicyclic) bond motifs is 2. The Labute approximate surface area is 169 Å². The second-order valence-electron chi connectivity index (χ2n) is 7.56. The van der Waals surface area contributed by atoms with Crippen LogP contribution in [0.2, 0.25) is 5.02 Å². The van der Waals surface area contributed by atoms with Crippen molar-refractivity contribution in [2.75, 3.05) is 0 Å². The molecule has 3 aromatic rings. The maximum atomic E-state index is 12.5. The number of carbonyl (C=O) groups excluding carboxylic acids is 1. The molecular formula is C20H17BrClN3O2. The van der Waals surface area contributed by atoms with Gasteiger partial charge in [-0.1, -0.05) is 33.6 Å². The van der Waals surface area contributed by atoms with Gasteiger partial charge in [-0.2, -0.15) is 5.10 Å². The van der Waals surface area contributed by atoms with Crippen LogP contribution in [0.5, 0.6) is 0 Å². The zero-order valence-electron chi connectivity index (χ0n) is 14.2. The summed E-state index contributed by atoms with van der Waals surface area (Å²) in [7, 11) is 0. The first kappa shape index (κ1) is 17.2. The summed E-state index contributed by atoms with van der Waals surface area (Å²) < 4.78 is 0.880. The van der Waals surface area contributed by atoms with Crippen molar-refractivity contribution in [1.82, 2.24) is 15.5 Å². The quantitative estimate of drug-likeness (QED) is 0.569. The molecule has 0 bridgehead atoms. The largest absolute Gasteiger partial charge is 0.385 e. The van der Waals surface area contributed by atoms with Gasteiger partial charge in [0.25, 0.3) is 5.91 Å². The molecule has 138 valence electrons. The molecule has 0 radical (unpaired) electrons. The minimum atomic E-state index is -0.931. The van der Waals surface area contributed by atoms with Crippen LogP contribution in [0.1, 0.15) is 28.8 Å². The fraction of sp³-hybridized carbons (Fsp3) is 0.300. The van der Waals surface area contributed by atoms with E-state index in [1.54, 1.807) is 12.3 Å². The average molecular weight is 447 g/mol. The van der Waals surface area contributed by atoms with E-state index in [9.17, 15) is 9.90 Å². The van der Waals surface area contributed by atoms with Gasteiger partial charge >= 0.3 is 0 Å². The molecule has 1 aromatic heterocycles. The molecule has 7 heteroatoms. The Morgan fingerprint density at radius 1 is 1.30 bits per heavy atom. The molecule has 2 aliphatic rings. The number of hydrogen-bond acceptors (Lipinski definition) is 3. The fourth-order valence-electron chi connectivity index (χ4n) is 4.56. The van der Waals surface area contributed by atoms with Gasteiger partial charge < -0.3 is 10.4 Å². The zero-order valence-corrected chi connectivity index (χ0v) is 16.6. The summed E-state index contributed by atoms with van der Waals surface area (Å²) in [6, 6.07) is 11.1. The van der Waals surface area contributed by atoms with Crippen LogP contribution >= 0.6 is 27.5 Å². The molecule has 0 unspecified atom stereocenters. The Hall–Kier alpha value is -1.89. The maximum absolute atomic E-state index is 12.5. The molecule has 27 heavy (non-hydrogen) atoms. The molecule has 5 nitrogen and oxygen atoms in total. The smallest absolute Gasteiger partial charge is 0.251 e. The van der Waals surface area contributed by atoms with Crippen molar-refractivity contribution in [2.24, 2.45) is 11.8 Å². The van der Waals surface area contributed by atoms with E-state index in [2.05, 4.69) is 31.4 Å². The van der Waals surface area contributed by atoms with Crippen LogP contribution in [0.15, 0.2) is 47.1 Å². The summed E-state index contributed by atoms with van der Waals surface area (Å²) in [5, 5.41) is 22.9. The lowest BCUT2D eigenvalue weighted by atomic mass is 9.86. The highest BCUT2D eigenvalue weighted by Gasteiger charge is 2.62. The Bertz CT molecular complexity index is 1050. The van der Waals surface area contributed by atoms with Gasteiger partial charge in [-0.15, -0.1) is 0 Å². The van der Waals surface area contributed by atoms with Crippen LogP contribution < -0.4 is 5.32 Å². The minimum absolute atomic E-state index is 0.0702. The van der Waals surface area contributed by atoms with Crippen molar-refractivity contribution in [3.8, 4) is 0 Å². The number of hydrogen-bond donors (Lipinski definition) is 3. The maximum Gasteiger partial charge on any atom is 0.251 e. The number of amides is 1. The Morgan fingerprint density at radius 2 is 2.07 bits per heavy atom. The summed E-state index contributed by atoms with van der Waals surface area (Å²) >= 11 is 9.62. The van der Waals surface area contributed by atoms with E-state index in [4.69, 9.17) is 11.6 Å². The molecule has 4 atom stereocenters. The summed E-state index contributed by atoms with van der Waals surface area (Å²) in [5.41, 5.74) is 1.35. The summed E-state index contributed by atoms with van der Waals surface area (Å²) in [6.07, 6.45) is 2.96. The number of halogens is 2. The second kappa shape index (κ2) is 6.06. The summed E-state index contributed by atoms with van der Waals surface area (Å²) in [4.78, 5) is 12.5. The molecule has 0 aliphatic heterocycles. The standard InChI is InChI=1S/C20H17BrClN3O2/c21-11-3-1-2-10(4-11)19(26)24-18-13-7-20(27,8-14(13)18)16-5-12(22)6-17-15(16)9-23-25-17/h1-6,9,13-14,18,27H,7-8H2,(H,23,25)(H,24,26)/t13-,14+,18+,20-. The van der Waals surface area contributed by atoms with E-state index in [0.717, 1.165) is 20.9 Å². The third-order valence-corrected chi connectivity index (χ3v) is 6.60. The molecule has 2 saturated carbocycles. The predicted molar refractivity (Wildman–Crippen MR) is 107 cm³/mol. The van der Waals surface area contributed by atoms with Crippen LogP contribution in [0.3, 0.4) is 0 Å². The van der Waals surface area contributed by atoms with Crippen molar-refractivity contribution >= 4 is 44.3 Å². The molecule has 3 N–H and O–H groups in total. The molecule has 0 spiro atoms. The number of benzene rings is 2. The molecule has 2 aliphatic carbocycles. The third-order valence-electron chi connectivity index (χ3n) is 5.89. The van der Waals surface area contributed by atoms with Gasteiger partial charge in [-0.3, -0.25) is 9.89 Å². The zero-order chi connectivity index (χ0) is 18.8. The average Bonchev–Trinajstić information content (AvgIpc) is 3.01. The fourth-order valence-corrected chi connectivity index (χ4v) is 5.18. The molecule has 1 heterocycles. The van der Waals surface area contributed by atoms with Crippen molar-refractivity contribution in [3.63, 3.8) is 0 Å². The number of aromatic nitrogens is 2. The Balaban J connectivity index is 1.33. The number of nitrogens with zero attached hydrogens (tertiary/aromatic N) is 1. The molecule has 1 amide bonds. The van der Waals surface area contributed by atoms with Gasteiger partial charge in [-0.05, 0) is 60.6 Å². The van der Waals surface area contributed by atoms with Crippen LogP contribution in [-0.4, -0.2) is 27.3 Å². The van der Waals surface area contributed by atoms with Gasteiger partial charge in [0.15, 0.2) is 0 Å². The summed E-state index contributed by atoms with van der Waals surface area (Å²) in [5.74, 6) is 0.498. The van der Waals surface area contributed by atoms with Gasteiger partial charge in [0, 0.05) is 26.5 Å².